The number of aryl methyl sites for hydroxylation is 2. The Morgan fingerprint density at radius 2 is 2.17 bits per heavy atom. The Bertz CT molecular complexity index is 804. The van der Waals surface area contributed by atoms with Gasteiger partial charge in [-0.25, -0.2) is 8.42 Å². The van der Waals surface area contributed by atoms with Gasteiger partial charge < -0.3 is 13.7 Å². The van der Waals surface area contributed by atoms with Gasteiger partial charge in [-0.2, -0.15) is 0 Å². The maximum atomic E-state index is 12.5. The molecular formula is C16H19NO5S. The molecule has 3 heterocycles. The first kappa shape index (κ1) is 15.9. The van der Waals surface area contributed by atoms with Crippen LogP contribution in [0.2, 0.25) is 0 Å². The van der Waals surface area contributed by atoms with E-state index in [0.29, 0.717) is 35.8 Å². The third-order valence-electron chi connectivity index (χ3n) is 4.14. The van der Waals surface area contributed by atoms with E-state index < -0.39 is 15.1 Å². The number of hydrogen-bond donors (Lipinski definition) is 0. The summed E-state index contributed by atoms with van der Waals surface area (Å²) in [6.45, 7) is 4.17. The Morgan fingerprint density at radius 3 is 2.78 bits per heavy atom. The van der Waals surface area contributed by atoms with E-state index in [-0.39, 0.29) is 18.2 Å². The van der Waals surface area contributed by atoms with Crippen LogP contribution in [0.1, 0.15) is 34.1 Å². The van der Waals surface area contributed by atoms with Gasteiger partial charge in [0.1, 0.15) is 23.0 Å². The summed E-state index contributed by atoms with van der Waals surface area (Å²) in [6, 6.07) is 5.01. The van der Waals surface area contributed by atoms with Crippen molar-refractivity contribution in [2.45, 2.75) is 31.3 Å². The molecule has 1 saturated heterocycles. The van der Waals surface area contributed by atoms with Crippen LogP contribution in [0, 0.1) is 13.8 Å². The normalized spacial score (nSPS) is 18.5. The van der Waals surface area contributed by atoms with Crippen LogP contribution in [0.3, 0.4) is 0 Å². The number of hydrogen-bond acceptors (Lipinski definition) is 5. The summed E-state index contributed by atoms with van der Waals surface area (Å²) >= 11 is 0. The second-order valence-corrected chi connectivity index (χ2v) is 8.16. The molecule has 1 aliphatic heterocycles. The molecule has 2 aromatic rings. The molecule has 0 aliphatic carbocycles. The standard InChI is InChI=1S/C16H19NO5S/c1-11-8-15(12(2)22-11)16(18)17-6-5-14(9-17)23(19,20)10-13-4-3-7-21-13/h3-4,7-8,14H,5-6,9-10H2,1-2H3/t14-/m1/s1. The van der Waals surface area contributed by atoms with Crippen molar-refractivity contribution in [3.05, 3.63) is 47.3 Å². The fourth-order valence-corrected chi connectivity index (χ4v) is 4.60. The summed E-state index contributed by atoms with van der Waals surface area (Å²) in [5.74, 6) is 1.36. The largest absolute Gasteiger partial charge is 0.468 e. The predicted molar refractivity (Wildman–Crippen MR) is 83.8 cm³/mol. The Labute approximate surface area is 135 Å². The maximum Gasteiger partial charge on any atom is 0.257 e. The third-order valence-corrected chi connectivity index (χ3v) is 6.22. The Hall–Kier alpha value is -2.02. The van der Waals surface area contributed by atoms with E-state index >= 15 is 0 Å². The Morgan fingerprint density at radius 1 is 1.39 bits per heavy atom. The summed E-state index contributed by atoms with van der Waals surface area (Å²) in [7, 11) is -3.35. The molecule has 0 unspecified atom stereocenters. The van der Waals surface area contributed by atoms with Gasteiger partial charge in [-0.15, -0.1) is 0 Å². The van der Waals surface area contributed by atoms with Crippen molar-refractivity contribution in [3.8, 4) is 0 Å². The molecule has 0 aromatic carbocycles. The molecule has 7 heteroatoms. The van der Waals surface area contributed by atoms with Crippen LogP contribution in [0.15, 0.2) is 33.3 Å². The van der Waals surface area contributed by atoms with Gasteiger partial charge in [0, 0.05) is 13.1 Å². The first-order chi connectivity index (χ1) is 10.9. The average Bonchev–Trinajstić information content (AvgIpc) is 3.18. The lowest BCUT2D eigenvalue weighted by Gasteiger charge is -2.16. The lowest BCUT2D eigenvalue weighted by molar-refractivity contribution is 0.0791. The van der Waals surface area contributed by atoms with Gasteiger partial charge in [-0.05, 0) is 38.5 Å². The van der Waals surface area contributed by atoms with Crippen molar-refractivity contribution in [3.63, 3.8) is 0 Å². The SMILES string of the molecule is Cc1cc(C(=O)N2CC[C@@H](S(=O)(=O)Cc3ccco3)C2)c(C)o1. The van der Waals surface area contributed by atoms with Gasteiger partial charge in [0.2, 0.25) is 0 Å². The van der Waals surface area contributed by atoms with Gasteiger partial charge in [-0.3, -0.25) is 4.79 Å². The molecule has 0 saturated carbocycles. The number of furan rings is 2. The lowest BCUT2D eigenvalue weighted by atomic mass is 10.2. The van der Waals surface area contributed by atoms with E-state index in [1.807, 2.05) is 0 Å². The molecule has 124 valence electrons. The zero-order chi connectivity index (χ0) is 16.6. The number of nitrogens with zero attached hydrogens (tertiary/aromatic N) is 1. The smallest absolute Gasteiger partial charge is 0.257 e. The number of sulfone groups is 1. The van der Waals surface area contributed by atoms with Crippen molar-refractivity contribution in [1.82, 2.24) is 4.90 Å². The highest BCUT2D eigenvalue weighted by molar-refractivity contribution is 7.91. The first-order valence-corrected chi connectivity index (χ1v) is 9.18. The number of carbonyl (C=O) groups excluding carboxylic acids is 1. The monoisotopic (exact) mass is 337 g/mol. The molecule has 0 N–H and O–H groups in total. The van der Waals surface area contributed by atoms with Crippen LogP contribution in [-0.4, -0.2) is 37.6 Å². The topological polar surface area (TPSA) is 80.7 Å². The number of carbonyl (C=O) groups is 1. The summed E-state index contributed by atoms with van der Waals surface area (Å²) < 4.78 is 35.4. The van der Waals surface area contributed by atoms with Crippen LogP contribution in [-0.2, 0) is 15.6 Å². The minimum atomic E-state index is -3.35. The fraction of sp³-hybridized carbons (Fsp3) is 0.438. The highest BCUT2D eigenvalue weighted by Crippen LogP contribution is 2.24. The van der Waals surface area contributed by atoms with Gasteiger partial charge in [0.15, 0.2) is 9.84 Å². The van der Waals surface area contributed by atoms with Crippen molar-refractivity contribution in [2.75, 3.05) is 13.1 Å². The maximum absolute atomic E-state index is 12.5. The summed E-state index contributed by atoms with van der Waals surface area (Å²) in [6.07, 6.45) is 1.91. The van der Waals surface area contributed by atoms with Crippen molar-refractivity contribution >= 4 is 15.7 Å². The molecule has 1 atom stereocenters. The zero-order valence-corrected chi connectivity index (χ0v) is 13.9. The minimum Gasteiger partial charge on any atom is -0.468 e. The van der Waals surface area contributed by atoms with E-state index in [1.54, 1.807) is 36.9 Å². The van der Waals surface area contributed by atoms with E-state index in [9.17, 15) is 13.2 Å². The molecule has 0 bridgehead atoms. The first-order valence-electron chi connectivity index (χ1n) is 7.47. The average molecular weight is 337 g/mol. The van der Waals surface area contributed by atoms with E-state index in [1.165, 1.54) is 6.26 Å². The molecule has 0 radical (unpaired) electrons. The Balaban J connectivity index is 1.70. The van der Waals surface area contributed by atoms with Gasteiger partial charge in [-0.1, -0.05) is 0 Å². The lowest BCUT2D eigenvalue weighted by Crippen LogP contribution is -2.32. The van der Waals surface area contributed by atoms with E-state index in [4.69, 9.17) is 8.83 Å². The second kappa shape index (κ2) is 5.88. The van der Waals surface area contributed by atoms with Crippen molar-refractivity contribution < 1.29 is 22.0 Å². The van der Waals surface area contributed by atoms with Gasteiger partial charge >= 0.3 is 0 Å². The summed E-state index contributed by atoms with van der Waals surface area (Å²) in [5.41, 5.74) is 0.506. The molecule has 1 aliphatic rings. The van der Waals surface area contributed by atoms with Gasteiger partial charge in [0.05, 0.1) is 17.1 Å². The predicted octanol–water partition coefficient (Wildman–Crippen LogP) is 2.32. The molecule has 23 heavy (non-hydrogen) atoms. The molecule has 6 nitrogen and oxygen atoms in total. The minimum absolute atomic E-state index is 0.128. The number of likely N-dealkylation sites (tertiary alicyclic amines) is 1. The molecular weight excluding hydrogens is 318 g/mol. The van der Waals surface area contributed by atoms with E-state index in [0.717, 1.165) is 0 Å². The van der Waals surface area contributed by atoms with Crippen LogP contribution in [0.4, 0.5) is 0 Å². The highest BCUT2D eigenvalue weighted by atomic mass is 32.2. The summed E-state index contributed by atoms with van der Waals surface area (Å²) in [5, 5.41) is -0.551. The van der Waals surface area contributed by atoms with Crippen LogP contribution in [0.25, 0.3) is 0 Å². The fourth-order valence-electron chi connectivity index (χ4n) is 2.93. The highest BCUT2D eigenvalue weighted by Gasteiger charge is 2.36. The zero-order valence-electron chi connectivity index (χ0n) is 13.1. The number of amides is 1. The van der Waals surface area contributed by atoms with E-state index in [2.05, 4.69) is 0 Å². The quantitative estimate of drug-likeness (QED) is 0.855. The van der Waals surface area contributed by atoms with Gasteiger partial charge in [0.25, 0.3) is 5.91 Å². The number of rotatable bonds is 4. The van der Waals surface area contributed by atoms with Crippen LogP contribution >= 0.6 is 0 Å². The molecule has 3 rings (SSSR count). The molecule has 1 amide bonds. The van der Waals surface area contributed by atoms with Crippen molar-refractivity contribution in [2.24, 2.45) is 0 Å². The van der Waals surface area contributed by atoms with Crippen LogP contribution in [0.5, 0.6) is 0 Å². The second-order valence-electron chi connectivity index (χ2n) is 5.88. The molecule has 0 spiro atoms. The molecule has 1 fully saturated rings. The third kappa shape index (κ3) is 3.19. The molecule has 2 aromatic heterocycles. The van der Waals surface area contributed by atoms with Crippen molar-refractivity contribution in [1.29, 1.82) is 0 Å². The Kier molecular flexibility index (Phi) is 4.06. The van der Waals surface area contributed by atoms with Crippen LogP contribution < -0.4 is 0 Å². The summed E-state index contributed by atoms with van der Waals surface area (Å²) in [4.78, 5) is 14.1.